The number of benzene rings is 2. The third-order valence-corrected chi connectivity index (χ3v) is 13.7. The number of halogens is 1. The Morgan fingerprint density at radius 3 is 2.30 bits per heavy atom. The molecule has 2 aromatic carbocycles. The van der Waals surface area contributed by atoms with Crippen molar-refractivity contribution in [2.24, 2.45) is 0 Å². The van der Waals surface area contributed by atoms with Crippen molar-refractivity contribution in [3.63, 3.8) is 0 Å². The molecule has 104 valence electrons. The fraction of sp³-hybridized carbons (Fsp3) is 0.0769. The van der Waals surface area contributed by atoms with Gasteiger partial charge in [0.15, 0.2) is 0 Å². The van der Waals surface area contributed by atoms with Gasteiger partial charge in [0.05, 0.1) is 0 Å². The zero-order valence-corrected chi connectivity index (χ0v) is 14.6. The second-order valence-electron chi connectivity index (χ2n) is 4.01. The fourth-order valence-corrected chi connectivity index (χ4v) is 9.13. The van der Waals surface area contributed by atoms with E-state index < -0.39 is 9.43 Å². The number of nitrogens with zero attached hydrogens (tertiary/aromatic N) is 1. The van der Waals surface area contributed by atoms with Crippen molar-refractivity contribution in [2.75, 3.05) is 0 Å². The van der Waals surface area contributed by atoms with Gasteiger partial charge in [0.2, 0.25) is 0 Å². The van der Waals surface area contributed by atoms with Crippen LogP contribution in [0.2, 0.25) is 0 Å². The molecule has 0 aromatic heterocycles. The molecule has 0 bridgehead atoms. The number of non-ortho nitro benzene ring substituents is 1. The zero-order valence-electron chi connectivity index (χ0n) is 10.3. The van der Waals surface area contributed by atoms with E-state index in [0.29, 0.717) is 5.32 Å². The summed E-state index contributed by atoms with van der Waals surface area (Å²) in [5, 5.41) is 11.9. The van der Waals surface area contributed by atoms with Crippen LogP contribution in [-0.4, -0.2) is 34.5 Å². The molecule has 0 saturated heterocycles. The first-order valence-corrected chi connectivity index (χ1v) is 13.0. The van der Waals surface area contributed by atoms with Crippen LogP contribution in [0.4, 0.5) is 9.88 Å². The van der Waals surface area contributed by atoms with E-state index in [4.69, 9.17) is 0 Å². The van der Waals surface area contributed by atoms with E-state index >= 15 is 0 Å². The first kappa shape index (κ1) is 15.6. The average Bonchev–Trinajstić information content (AvgIpc) is 2.46. The first-order valence-electron chi connectivity index (χ1n) is 5.72. The van der Waals surface area contributed by atoms with Crippen LogP contribution in [0.1, 0.15) is 5.56 Å². The predicted octanol–water partition coefficient (Wildman–Crippen LogP) is 3.03. The Bertz CT molecular complexity index is 649. The summed E-state index contributed by atoms with van der Waals surface area (Å²) in [6, 6.07) is 15.5. The second-order valence-corrected chi connectivity index (χ2v) is 17.8. The van der Waals surface area contributed by atoms with Crippen molar-refractivity contribution in [3.8, 4) is 0 Å². The summed E-state index contributed by atoms with van der Waals surface area (Å²) in [4.78, 5) is 10.1. The minimum absolute atomic E-state index is 0.0636. The quantitative estimate of drug-likeness (QED) is 0.323. The van der Waals surface area contributed by atoms with E-state index in [2.05, 4.69) is 15.1 Å². The van der Waals surface area contributed by atoms with Crippen LogP contribution in [0.5, 0.6) is 0 Å². The summed E-state index contributed by atoms with van der Waals surface area (Å²) in [6.07, 6.45) is 0. The zero-order chi connectivity index (χ0) is 14.6. The summed E-state index contributed by atoms with van der Waals surface area (Å²) in [6.45, 7) is 0. The molecule has 2 aromatic rings. The van der Waals surface area contributed by atoms with Crippen molar-refractivity contribution < 1.29 is 9.12 Å². The minimum atomic E-state index is -2.69. The second kappa shape index (κ2) is 6.80. The van der Waals surface area contributed by atoms with Gasteiger partial charge in [0, 0.05) is 0 Å². The molecule has 0 N–H and O–H groups in total. The van der Waals surface area contributed by atoms with Crippen molar-refractivity contribution >= 4 is 45.1 Å². The molecule has 0 spiro atoms. The Morgan fingerprint density at radius 2 is 1.75 bits per heavy atom. The molecule has 1 atom stereocenters. The number of nitro benzene ring substituents is 1. The molecule has 3 nitrogen and oxygen atoms in total. The van der Waals surface area contributed by atoms with Gasteiger partial charge >= 0.3 is 130 Å². The Balaban J connectivity index is 2.05. The molecule has 1 unspecified atom stereocenters. The van der Waals surface area contributed by atoms with Crippen LogP contribution < -0.4 is 5.30 Å². The standard InChI is InChI=1S/C13H11FNO2PSe2/c14-18(19,13-4-2-1-3-5-13)20-10-11-6-8-12(9-7-11)15(16)17/h1-9H,10H2. The maximum atomic E-state index is 14.7. The first-order chi connectivity index (χ1) is 9.49. The van der Waals surface area contributed by atoms with Gasteiger partial charge in [-0.25, -0.2) is 0 Å². The Kier molecular flexibility index (Phi) is 5.31. The van der Waals surface area contributed by atoms with Gasteiger partial charge in [-0.05, 0) is 0 Å². The van der Waals surface area contributed by atoms with Gasteiger partial charge in [-0.2, -0.15) is 0 Å². The van der Waals surface area contributed by atoms with Crippen LogP contribution in [0.25, 0.3) is 0 Å². The van der Waals surface area contributed by atoms with Gasteiger partial charge in [-0.15, -0.1) is 0 Å². The molecule has 0 aliphatic carbocycles. The third-order valence-electron chi connectivity index (χ3n) is 2.61. The Morgan fingerprint density at radius 1 is 1.15 bits per heavy atom. The van der Waals surface area contributed by atoms with Crippen LogP contribution >= 0.6 is 4.51 Å². The van der Waals surface area contributed by atoms with E-state index in [-0.39, 0.29) is 20.2 Å². The van der Waals surface area contributed by atoms with Crippen molar-refractivity contribution in [1.82, 2.24) is 0 Å². The maximum absolute atomic E-state index is 14.7. The Labute approximate surface area is 129 Å². The molecule has 20 heavy (non-hydrogen) atoms. The van der Waals surface area contributed by atoms with Gasteiger partial charge in [-0.1, -0.05) is 0 Å². The third kappa shape index (κ3) is 4.11. The van der Waals surface area contributed by atoms with E-state index in [9.17, 15) is 14.3 Å². The van der Waals surface area contributed by atoms with Crippen LogP contribution in [0.15, 0.2) is 54.6 Å². The van der Waals surface area contributed by atoms with Gasteiger partial charge in [0.1, 0.15) is 0 Å². The molecule has 0 aliphatic heterocycles. The molecule has 0 fully saturated rings. The van der Waals surface area contributed by atoms with E-state index in [1.165, 1.54) is 12.1 Å². The van der Waals surface area contributed by atoms with Crippen molar-refractivity contribution in [1.29, 1.82) is 0 Å². The average molecular weight is 421 g/mol. The number of hydrogen-bond acceptors (Lipinski definition) is 2. The SMILES string of the molecule is O=[N+]([O-])c1ccc(C[Se]P(F)(=[Se])c2ccccc2)cc1. The fourth-order valence-electron chi connectivity index (χ4n) is 1.55. The van der Waals surface area contributed by atoms with E-state index in [1.54, 1.807) is 12.1 Å². The summed E-state index contributed by atoms with van der Waals surface area (Å²) < 4.78 is 12.0. The van der Waals surface area contributed by atoms with E-state index in [1.807, 2.05) is 30.3 Å². The van der Waals surface area contributed by atoms with Crippen molar-refractivity contribution in [3.05, 3.63) is 70.3 Å². The molecule has 0 heterocycles. The summed E-state index contributed by atoms with van der Waals surface area (Å²) in [7, 11) is 0. The number of hydrogen-bond donors (Lipinski definition) is 0. The molecule has 0 amide bonds. The Hall–Kier alpha value is -0.761. The summed E-state index contributed by atoms with van der Waals surface area (Å²) >= 11 is 2.52. The topological polar surface area (TPSA) is 43.1 Å². The van der Waals surface area contributed by atoms with Crippen LogP contribution in [0, 0.1) is 10.1 Å². The number of nitro groups is 1. The predicted molar refractivity (Wildman–Crippen MR) is 82.4 cm³/mol. The monoisotopic (exact) mass is 423 g/mol. The summed E-state index contributed by atoms with van der Waals surface area (Å²) in [5.41, 5.74) is 0.998. The molecule has 0 aliphatic rings. The van der Waals surface area contributed by atoms with Gasteiger partial charge in [0.25, 0.3) is 0 Å². The number of rotatable bonds is 5. The molecule has 7 heteroatoms. The summed E-state index contributed by atoms with van der Waals surface area (Å²) in [5.74, 6) is 0. The van der Waals surface area contributed by atoms with Gasteiger partial charge in [-0.3, -0.25) is 0 Å². The molecular formula is C13H11FNO2PSe2. The molecule has 0 radical (unpaired) electrons. The molecular weight excluding hydrogens is 410 g/mol. The molecule has 2 rings (SSSR count). The van der Waals surface area contributed by atoms with Crippen LogP contribution in [-0.2, 0) is 5.32 Å². The molecule has 0 saturated carbocycles. The van der Waals surface area contributed by atoms with Gasteiger partial charge < -0.3 is 0 Å². The normalized spacial score (nSPS) is 13.7. The van der Waals surface area contributed by atoms with Crippen molar-refractivity contribution in [2.45, 2.75) is 5.32 Å². The van der Waals surface area contributed by atoms with E-state index in [0.717, 1.165) is 10.9 Å². The van der Waals surface area contributed by atoms with Crippen LogP contribution in [0.3, 0.4) is 0 Å².